The standard InChI is InChI=1S/C42H34S2/c1-3-27-9-15-35-23-29(11-17-33(35)21-27)5-7-31-13-19-37-39(25-31)43-42-38-20-14-32(26-40(38)44-41(37)42)8-6-30-12-18-34-22-28(4-2)10-16-36(34)24-30/h5-26,41-42H,3-4H2,1-2H3/b7-5+,8-6+. The molecular weight excluding hydrogens is 569 g/mol. The Morgan fingerprint density at radius 2 is 0.795 bits per heavy atom. The summed E-state index contributed by atoms with van der Waals surface area (Å²) >= 11 is 4.08. The molecule has 0 amide bonds. The number of aryl methyl sites for hydroxylation is 2. The van der Waals surface area contributed by atoms with Gasteiger partial charge in [-0.05, 0) is 103 Å². The van der Waals surface area contributed by atoms with Crippen molar-refractivity contribution in [3.63, 3.8) is 0 Å². The van der Waals surface area contributed by atoms with Gasteiger partial charge in [0.25, 0.3) is 0 Å². The molecule has 0 spiro atoms. The van der Waals surface area contributed by atoms with Gasteiger partial charge in [-0.25, -0.2) is 0 Å². The van der Waals surface area contributed by atoms with Crippen LogP contribution in [0.3, 0.4) is 0 Å². The zero-order chi connectivity index (χ0) is 29.6. The first-order chi connectivity index (χ1) is 21.6. The Morgan fingerprint density at radius 1 is 0.432 bits per heavy atom. The Bertz CT molecular complexity index is 1960. The Balaban J connectivity index is 0.971. The van der Waals surface area contributed by atoms with Crippen molar-refractivity contribution in [1.82, 2.24) is 0 Å². The van der Waals surface area contributed by atoms with E-state index in [-0.39, 0.29) is 0 Å². The average molecular weight is 603 g/mol. The molecule has 0 saturated heterocycles. The van der Waals surface area contributed by atoms with Crippen LogP contribution in [0, 0.1) is 0 Å². The topological polar surface area (TPSA) is 0 Å². The molecule has 2 heterocycles. The van der Waals surface area contributed by atoms with Crippen LogP contribution in [0.4, 0.5) is 0 Å². The van der Waals surface area contributed by atoms with E-state index in [1.54, 1.807) is 0 Å². The molecule has 8 rings (SSSR count). The summed E-state index contributed by atoms with van der Waals surface area (Å²) in [5.74, 6) is 0. The van der Waals surface area contributed by atoms with E-state index < -0.39 is 0 Å². The summed E-state index contributed by atoms with van der Waals surface area (Å²) < 4.78 is 0. The van der Waals surface area contributed by atoms with Gasteiger partial charge in [0.15, 0.2) is 0 Å². The molecule has 2 aliphatic rings. The molecule has 6 aromatic carbocycles. The normalized spacial score (nSPS) is 17.1. The second-order valence-electron chi connectivity index (χ2n) is 11.9. The fourth-order valence-electron chi connectivity index (χ4n) is 6.49. The summed E-state index contributed by atoms with van der Waals surface area (Å²) in [6.45, 7) is 4.42. The number of fused-ring (bicyclic) bond motifs is 7. The van der Waals surface area contributed by atoms with Crippen molar-refractivity contribution in [2.75, 3.05) is 0 Å². The monoisotopic (exact) mass is 602 g/mol. The van der Waals surface area contributed by atoms with E-state index in [4.69, 9.17) is 0 Å². The first-order valence-corrected chi connectivity index (χ1v) is 17.4. The maximum absolute atomic E-state index is 2.38. The number of hydrogen-bond acceptors (Lipinski definition) is 2. The molecule has 0 nitrogen and oxygen atoms in total. The van der Waals surface area contributed by atoms with Crippen LogP contribution in [0.2, 0.25) is 0 Å². The third kappa shape index (κ3) is 5.21. The van der Waals surface area contributed by atoms with Crippen molar-refractivity contribution in [3.05, 3.63) is 154 Å². The average Bonchev–Trinajstić information content (AvgIpc) is 3.60. The molecule has 214 valence electrons. The van der Waals surface area contributed by atoms with Gasteiger partial charge in [0.05, 0.1) is 10.5 Å². The van der Waals surface area contributed by atoms with Crippen molar-refractivity contribution in [1.29, 1.82) is 0 Å². The zero-order valence-corrected chi connectivity index (χ0v) is 26.7. The molecule has 2 atom stereocenters. The van der Waals surface area contributed by atoms with Crippen molar-refractivity contribution >= 4 is 69.4 Å². The van der Waals surface area contributed by atoms with Gasteiger partial charge < -0.3 is 0 Å². The third-order valence-corrected chi connectivity index (χ3v) is 12.0. The Hall–Kier alpha value is -3.98. The SMILES string of the molecule is CCc1ccc2cc(/C=C/c3ccc4c(c3)SC3c5ccc(/C=C/c6ccc7cc(CC)ccc7c6)cc5SC43)ccc2c1. The second-order valence-corrected chi connectivity index (χ2v) is 14.3. The van der Waals surface area contributed by atoms with E-state index >= 15 is 0 Å². The van der Waals surface area contributed by atoms with Gasteiger partial charge in [0.2, 0.25) is 0 Å². The van der Waals surface area contributed by atoms with Crippen LogP contribution in [-0.2, 0) is 12.8 Å². The molecule has 0 aromatic heterocycles. The Labute approximate surface area is 268 Å². The van der Waals surface area contributed by atoms with E-state index in [1.165, 1.54) is 75.8 Å². The van der Waals surface area contributed by atoms with Gasteiger partial charge in [0, 0.05) is 9.79 Å². The molecule has 2 unspecified atom stereocenters. The molecule has 0 radical (unpaired) electrons. The molecule has 2 heteroatoms. The molecule has 0 bridgehead atoms. The molecule has 2 aliphatic heterocycles. The molecule has 0 saturated carbocycles. The second kappa shape index (κ2) is 11.5. The first-order valence-electron chi connectivity index (χ1n) is 15.7. The molecule has 0 aliphatic carbocycles. The predicted octanol–water partition coefficient (Wildman–Crippen LogP) is 12.5. The smallest absolute Gasteiger partial charge is 0.0519 e. The van der Waals surface area contributed by atoms with Crippen LogP contribution in [-0.4, -0.2) is 0 Å². The van der Waals surface area contributed by atoms with Crippen LogP contribution in [0.15, 0.2) is 119 Å². The molecule has 0 fully saturated rings. The van der Waals surface area contributed by atoms with Crippen molar-refractivity contribution in [3.8, 4) is 0 Å². The summed E-state index contributed by atoms with van der Waals surface area (Å²) in [5, 5.41) is 6.22. The first kappa shape index (κ1) is 27.6. The molecule has 6 aromatic rings. The highest BCUT2D eigenvalue weighted by Crippen LogP contribution is 2.66. The minimum absolute atomic E-state index is 0.490. The Kier molecular flexibility index (Phi) is 7.21. The maximum Gasteiger partial charge on any atom is 0.0519 e. The number of benzene rings is 6. The summed E-state index contributed by atoms with van der Waals surface area (Å²) in [4.78, 5) is 2.86. The van der Waals surface area contributed by atoms with Crippen molar-refractivity contribution in [2.24, 2.45) is 0 Å². The van der Waals surface area contributed by atoms with Crippen molar-refractivity contribution in [2.45, 2.75) is 47.0 Å². The fraction of sp³-hybridized carbons (Fsp3) is 0.143. The van der Waals surface area contributed by atoms with Crippen LogP contribution < -0.4 is 0 Å². The molecular formula is C42H34S2. The van der Waals surface area contributed by atoms with E-state index in [9.17, 15) is 0 Å². The lowest BCUT2D eigenvalue weighted by atomic mass is 10.0. The van der Waals surface area contributed by atoms with Crippen LogP contribution in [0.5, 0.6) is 0 Å². The highest BCUT2D eigenvalue weighted by atomic mass is 32.2. The lowest BCUT2D eigenvalue weighted by Crippen LogP contribution is -1.91. The van der Waals surface area contributed by atoms with Crippen LogP contribution in [0.25, 0.3) is 45.8 Å². The van der Waals surface area contributed by atoms with Gasteiger partial charge >= 0.3 is 0 Å². The third-order valence-electron chi connectivity index (χ3n) is 9.08. The van der Waals surface area contributed by atoms with Crippen LogP contribution >= 0.6 is 23.5 Å². The zero-order valence-electron chi connectivity index (χ0n) is 25.1. The highest BCUT2D eigenvalue weighted by molar-refractivity contribution is 8.05. The fourth-order valence-corrected chi connectivity index (χ4v) is 9.80. The summed E-state index contributed by atoms with van der Waals surface area (Å²) in [7, 11) is 0. The minimum atomic E-state index is 0.490. The maximum atomic E-state index is 2.38. The summed E-state index contributed by atoms with van der Waals surface area (Å²) in [5.41, 5.74) is 10.8. The molecule has 44 heavy (non-hydrogen) atoms. The predicted molar refractivity (Wildman–Crippen MR) is 195 cm³/mol. The molecule has 0 N–H and O–H groups in total. The van der Waals surface area contributed by atoms with E-state index in [2.05, 4.69) is 147 Å². The number of thioether (sulfide) groups is 2. The van der Waals surface area contributed by atoms with Gasteiger partial charge in [-0.3, -0.25) is 0 Å². The lowest BCUT2D eigenvalue weighted by molar-refractivity contribution is 0.938. The minimum Gasteiger partial charge on any atom is -0.116 e. The Morgan fingerprint density at radius 3 is 1.23 bits per heavy atom. The van der Waals surface area contributed by atoms with E-state index in [1.807, 2.05) is 23.5 Å². The highest BCUT2D eigenvalue weighted by Gasteiger charge is 2.41. The lowest BCUT2D eigenvalue weighted by Gasteiger charge is -2.08. The van der Waals surface area contributed by atoms with Crippen molar-refractivity contribution < 1.29 is 0 Å². The van der Waals surface area contributed by atoms with Gasteiger partial charge in [-0.15, -0.1) is 23.5 Å². The summed E-state index contributed by atoms with van der Waals surface area (Å²) in [6, 6.07) is 41.2. The number of rotatable bonds is 6. The number of hydrogen-bond donors (Lipinski definition) is 0. The van der Waals surface area contributed by atoms with Gasteiger partial charge in [-0.2, -0.15) is 0 Å². The largest absolute Gasteiger partial charge is 0.116 e. The quantitative estimate of drug-likeness (QED) is 0.174. The summed E-state index contributed by atoms with van der Waals surface area (Å²) in [6.07, 6.45) is 11.2. The van der Waals surface area contributed by atoms with Gasteiger partial charge in [0.1, 0.15) is 0 Å². The van der Waals surface area contributed by atoms with Gasteiger partial charge in [-0.1, -0.05) is 123 Å². The van der Waals surface area contributed by atoms with E-state index in [0.717, 1.165) is 12.8 Å². The van der Waals surface area contributed by atoms with Crippen LogP contribution in [0.1, 0.15) is 68.9 Å². The van der Waals surface area contributed by atoms with E-state index in [0.29, 0.717) is 10.5 Å².